The van der Waals surface area contributed by atoms with Gasteiger partial charge in [0.05, 0.1) is 24.7 Å². The molecule has 1 aromatic rings. The van der Waals surface area contributed by atoms with Gasteiger partial charge in [0.2, 0.25) is 0 Å². The number of hydrazone groups is 1. The SMILES string of the molecule is CCOC(=O)COc1ccc(/C=N\N2C(=O)[C@@H]3[C@@H](C2=O)[C@H]2C=C[C@@H]3CC2)cc1. The number of hydrogen-bond donors (Lipinski definition) is 0. The van der Waals surface area contributed by atoms with Crippen LogP contribution in [0.15, 0.2) is 41.5 Å². The van der Waals surface area contributed by atoms with Crippen LogP contribution in [0, 0.1) is 23.7 Å². The van der Waals surface area contributed by atoms with Crippen molar-refractivity contribution in [2.24, 2.45) is 28.8 Å². The Balaban J connectivity index is 1.40. The number of fused-ring (bicyclic) bond motifs is 1. The molecule has 2 bridgehead atoms. The monoisotopic (exact) mass is 382 g/mol. The second-order valence-electron chi connectivity index (χ2n) is 7.24. The van der Waals surface area contributed by atoms with Crippen molar-refractivity contribution in [1.29, 1.82) is 0 Å². The molecule has 5 rings (SSSR count). The first-order valence-corrected chi connectivity index (χ1v) is 9.57. The highest BCUT2D eigenvalue weighted by Gasteiger charge is 2.56. The summed E-state index contributed by atoms with van der Waals surface area (Å²) in [5.41, 5.74) is 0.722. The van der Waals surface area contributed by atoms with Gasteiger partial charge >= 0.3 is 5.97 Å². The van der Waals surface area contributed by atoms with Crippen LogP contribution in [0.2, 0.25) is 0 Å². The zero-order valence-corrected chi connectivity index (χ0v) is 15.6. The third-order valence-electron chi connectivity index (χ3n) is 5.60. The summed E-state index contributed by atoms with van der Waals surface area (Å²) in [6.45, 7) is 1.89. The van der Waals surface area contributed by atoms with Gasteiger partial charge in [-0.3, -0.25) is 9.59 Å². The van der Waals surface area contributed by atoms with Crippen LogP contribution >= 0.6 is 0 Å². The first-order chi connectivity index (χ1) is 13.6. The molecular weight excluding hydrogens is 360 g/mol. The summed E-state index contributed by atoms with van der Waals surface area (Å²) in [5, 5.41) is 5.21. The third kappa shape index (κ3) is 3.32. The molecule has 7 heteroatoms. The van der Waals surface area contributed by atoms with Gasteiger partial charge in [0, 0.05) is 0 Å². The van der Waals surface area contributed by atoms with Crippen LogP contribution in [0.3, 0.4) is 0 Å². The predicted molar refractivity (Wildman–Crippen MR) is 100 cm³/mol. The van der Waals surface area contributed by atoms with Crippen molar-refractivity contribution in [2.45, 2.75) is 19.8 Å². The molecule has 4 atom stereocenters. The molecule has 1 saturated heterocycles. The lowest BCUT2D eigenvalue weighted by atomic mass is 9.63. The normalized spacial score (nSPS) is 28.1. The zero-order chi connectivity index (χ0) is 19.7. The van der Waals surface area contributed by atoms with Gasteiger partial charge in [0.15, 0.2) is 6.61 Å². The Morgan fingerprint density at radius 2 is 1.71 bits per heavy atom. The second-order valence-corrected chi connectivity index (χ2v) is 7.24. The molecule has 146 valence electrons. The number of imide groups is 1. The molecule has 1 aromatic carbocycles. The van der Waals surface area contributed by atoms with Crippen molar-refractivity contribution < 1.29 is 23.9 Å². The van der Waals surface area contributed by atoms with E-state index in [1.54, 1.807) is 31.2 Å². The number of carbonyl (C=O) groups excluding carboxylic acids is 3. The lowest BCUT2D eigenvalue weighted by molar-refractivity contribution is -0.145. The van der Waals surface area contributed by atoms with Crippen molar-refractivity contribution in [3.8, 4) is 5.75 Å². The molecule has 0 spiro atoms. The summed E-state index contributed by atoms with van der Waals surface area (Å²) >= 11 is 0. The van der Waals surface area contributed by atoms with Crippen LogP contribution in [0.25, 0.3) is 0 Å². The summed E-state index contributed by atoms with van der Waals surface area (Å²) in [4.78, 5) is 36.7. The quantitative estimate of drug-likeness (QED) is 0.326. The van der Waals surface area contributed by atoms with E-state index >= 15 is 0 Å². The Morgan fingerprint density at radius 3 is 2.25 bits per heavy atom. The van der Waals surface area contributed by atoms with E-state index in [0.717, 1.165) is 23.4 Å². The lowest BCUT2D eigenvalue weighted by Gasteiger charge is -2.37. The van der Waals surface area contributed by atoms with Crippen molar-refractivity contribution in [3.63, 3.8) is 0 Å². The summed E-state index contributed by atoms with van der Waals surface area (Å²) in [5.74, 6) is -0.500. The summed E-state index contributed by atoms with van der Waals surface area (Å²) < 4.78 is 10.1. The Labute approximate surface area is 163 Å². The molecule has 28 heavy (non-hydrogen) atoms. The number of hydrogen-bond acceptors (Lipinski definition) is 6. The van der Waals surface area contributed by atoms with Gasteiger partial charge in [-0.05, 0) is 61.4 Å². The molecule has 0 unspecified atom stereocenters. The molecule has 1 heterocycles. The maximum absolute atomic E-state index is 12.7. The molecule has 3 aliphatic carbocycles. The molecule has 1 saturated carbocycles. The summed E-state index contributed by atoms with van der Waals surface area (Å²) in [6.07, 6.45) is 7.60. The topological polar surface area (TPSA) is 85.3 Å². The molecule has 0 aromatic heterocycles. The summed E-state index contributed by atoms with van der Waals surface area (Å²) in [7, 11) is 0. The van der Waals surface area contributed by atoms with Crippen LogP contribution in [0.4, 0.5) is 0 Å². The second kappa shape index (κ2) is 7.58. The van der Waals surface area contributed by atoms with Crippen molar-refractivity contribution >= 4 is 24.0 Å². The molecule has 0 radical (unpaired) electrons. The van der Waals surface area contributed by atoms with Crippen LogP contribution in [0.5, 0.6) is 5.75 Å². The van der Waals surface area contributed by atoms with Crippen molar-refractivity contribution in [3.05, 3.63) is 42.0 Å². The van der Waals surface area contributed by atoms with Gasteiger partial charge in [-0.15, -0.1) is 0 Å². The Morgan fingerprint density at radius 1 is 1.11 bits per heavy atom. The van der Waals surface area contributed by atoms with Crippen molar-refractivity contribution in [1.82, 2.24) is 5.01 Å². The molecule has 1 aliphatic heterocycles. The average molecular weight is 382 g/mol. The van der Waals surface area contributed by atoms with Gasteiger partial charge in [0.1, 0.15) is 5.75 Å². The number of ether oxygens (including phenoxy) is 2. The van der Waals surface area contributed by atoms with E-state index in [2.05, 4.69) is 17.3 Å². The van der Waals surface area contributed by atoms with E-state index < -0.39 is 5.97 Å². The lowest BCUT2D eigenvalue weighted by Crippen LogP contribution is -2.38. The van der Waals surface area contributed by atoms with Gasteiger partial charge in [0.25, 0.3) is 11.8 Å². The number of amides is 2. The first kappa shape index (κ1) is 18.4. The van der Waals surface area contributed by atoms with E-state index in [1.165, 1.54) is 6.21 Å². The van der Waals surface area contributed by atoms with Crippen LogP contribution < -0.4 is 4.74 Å². The van der Waals surface area contributed by atoms with E-state index in [1.807, 2.05) is 0 Å². The molecule has 2 amide bonds. The summed E-state index contributed by atoms with van der Waals surface area (Å²) in [6, 6.07) is 6.87. The van der Waals surface area contributed by atoms with E-state index in [0.29, 0.717) is 12.4 Å². The van der Waals surface area contributed by atoms with Crippen molar-refractivity contribution in [2.75, 3.05) is 13.2 Å². The molecule has 7 nitrogen and oxygen atoms in total. The number of esters is 1. The maximum atomic E-state index is 12.7. The van der Waals surface area contributed by atoms with E-state index in [-0.39, 0.29) is 42.1 Å². The van der Waals surface area contributed by atoms with Crippen LogP contribution in [-0.4, -0.2) is 42.2 Å². The van der Waals surface area contributed by atoms with Gasteiger partial charge in [-0.25, -0.2) is 4.79 Å². The van der Waals surface area contributed by atoms with Crippen LogP contribution in [0.1, 0.15) is 25.3 Å². The number of allylic oxidation sites excluding steroid dienone is 2. The fourth-order valence-electron chi connectivity index (χ4n) is 4.29. The van der Waals surface area contributed by atoms with Crippen LogP contribution in [-0.2, 0) is 19.1 Å². The number of carbonyl (C=O) groups is 3. The molecule has 0 N–H and O–H groups in total. The standard InChI is InChI=1S/C21H22N2O5/c1-2-27-17(24)12-28-16-9-3-13(4-10-16)11-22-23-20(25)18-14-5-6-15(8-7-14)19(18)21(23)26/h3-6,9-11,14-15,18-19H,2,7-8,12H2,1H3/b22-11-/t14-,15+,18-,19-/m0/s1. The van der Waals surface area contributed by atoms with Gasteiger partial charge in [-0.2, -0.15) is 10.1 Å². The Bertz CT molecular complexity index is 813. The minimum atomic E-state index is -0.427. The largest absolute Gasteiger partial charge is 0.482 e. The van der Waals surface area contributed by atoms with E-state index in [9.17, 15) is 14.4 Å². The molecule has 2 fully saturated rings. The Hall–Kier alpha value is -2.96. The smallest absolute Gasteiger partial charge is 0.344 e. The highest BCUT2D eigenvalue weighted by atomic mass is 16.6. The average Bonchev–Trinajstić information content (AvgIpc) is 2.99. The third-order valence-corrected chi connectivity index (χ3v) is 5.60. The fourth-order valence-corrected chi connectivity index (χ4v) is 4.29. The molecular formula is C21H22N2O5. The minimum Gasteiger partial charge on any atom is -0.482 e. The number of nitrogens with zero attached hydrogens (tertiary/aromatic N) is 2. The first-order valence-electron chi connectivity index (χ1n) is 9.57. The zero-order valence-electron chi connectivity index (χ0n) is 15.6. The number of benzene rings is 1. The molecule has 4 aliphatic rings. The fraction of sp³-hybridized carbons (Fsp3) is 0.429. The highest BCUT2D eigenvalue weighted by Crippen LogP contribution is 2.49. The maximum Gasteiger partial charge on any atom is 0.344 e. The minimum absolute atomic E-state index is 0.155. The number of rotatable bonds is 6. The Kier molecular flexibility index (Phi) is 4.98. The highest BCUT2D eigenvalue weighted by molar-refractivity contribution is 6.06. The predicted octanol–water partition coefficient (Wildman–Crippen LogP) is 2.16. The van der Waals surface area contributed by atoms with E-state index in [4.69, 9.17) is 9.47 Å². The van der Waals surface area contributed by atoms with Gasteiger partial charge in [-0.1, -0.05) is 12.2 Å². The van der Waals surface area contributed by atoms with Gasteiger partial charge < -0.3 is 9.47 Å².